The average Bonchev–Trinajstić information content (AvgIpc) is 2.98. The number of ether oxygens (including phenoxy) is 2. The van der Waals surface area contributed by atoms with Crippen molar-refractivity contribution >= 4 is 0 Å². The summed E-state index contributed by atoms with van der Waals surface area (Å²) in [6, 6.07) is 3.72. The SMILES string of the molecule is FCc1cc2c(cc1CC1CCNC1)OCO2. The van der Waals surface area contributed by atoms with Crippen LogP contribution in [-0.2, 0) is 13.1 Å². The molecular formula is C13H16FNO2. The lowest BCUT2D eigenvalue weighted by molar-refractivity contribution is 0.174. The van der Waals surface area contributed by atoms with Gasteiger partial charge in [-0.25, -0.2) is 4.39 Å². The molecule has 1 saturated heterocycles. The normalized spacial score (nSPS) is 22.1. The molecule has 1 aromatic rings. The Morgan fingerprint density at radius 2 is 2.00 bits per heavy atom. The van der Waals surface area contributed by atoms with Gasteiger partial charge >= 0.3 is 0 Å². The van der Waals surface area contributed by atoms with Crippen LogP contribution in [0.4, 0.5) is 4.39 Å². The Kier molecular flexibility index (Phi) is 2.89. The number of benzene rings is 1. The third kappa shape index (κ3) is 2.09. The van der Waals surface area contributed by atoms with Crippen molar-refractivity contribution in [2.24, 2.45) is 5.92 Å². The van der Waals surface area contributed by atoms with E-state index in [4.69, 9.17) is 9.47 Å². The predicted octanol–water partition coefficient (Wildman–Crippen LogP) is 2.04. The van der Waals surface area contributed by atoms with Gasteiger partial charge in [-0.1, -0.05) is 0 Å². The maximum absolute atomic E-state index is 13.0. The molecular weight excluding hydrogens is 221 g/mol. The molecule has 1 fully saturated rings. The fraction of sp³-hybridized carbons (Fsp3) is 0.538. The Bertz CT molecular complexity index is 416. The first kappa shape index (κ1) is 10.8. The average molecular weight is 237 g/mol. The molecule has 0 saturated carbocycles. The van der Waals surface area contributed by atoms with Crippen LogP contribution in [0.1, 0.15) is 17.5 Å². The number of nitrogens with one attached hydrogen (secondary N) is 1. The second kappa shape index (κ2) is 4.53. The minimum Gasteiger partial charge on any atom is -0.454 e. The first-order valence-corrected chi connectivity index (χ1v) is 6.05. The summed E-state index contributed by atoms with van der Waals surface area (Å²) in [5.74, 6) is 2.04. The van der Waals surface area contributed by atoms with Crippen LogP contribution in [0.3, 0.4) is 0 Å². The molecule has 2 aliphatic rings. The van der Waals surface area contributed by atoms with Gasteiger partial charge in [0.25, 0.3) is 0 Å². The van der Waals surface area contributed by atoms with Gasteiger partial charge in [-0.15, -0.1) is 0 Å². The molecule has 0 aliphatic carbocycles. The van der Waals surface area contributed by atoms with E-state index >= 15 is 0 Å². The molecule has 0 spiro atoms. The standard InChI is InChI=1S/C13H16FNO2/c14-6-11-5-13-12(16-8-17-13)4-10(11)3-9-1-2-15-7-9/h4-5,9,15H,1-3,6-8H2. The molecule has 17 heavy (non-hydrogen) atoms. The van der Waals surface area contributed by atoms with E-state index in [0.717, 1.165) is 36.4 Å². The van der Waals surface area contributed by atoms with Crippen molar-refractivity contribution in [2.75, 3.05) is 19.9 Å². The summed E-state index contributed by atoms with van der Waals surface area (Å²) >= 11 is 0. The summed E-state index contributed by atoms with van der Waals surface area (Å²) in [5, 5.41) is 3.33. The van der Waals surface area contributed by atoms with Crippen molar-refractivity contribution < 1.29 is 13.9 Å². The summed E-state index contributed by atoms with van der Waals surface area (Å²) in [6.45, 7) is 1.90. The highest BCUT2D eigenvalue weighted by molar-refractivity contribution is 5.48. The Balaban J connectivity index is 1.86. The van der Waals surface area contributed by atoms with E-state index in [9.17, 15) is 4.39 Å². The molecule has 3 rings (SSSR count). The first-order valence-electron chi connectivity index (χ1n) is 6.05. The van der Waals surface area contributed by atoms with E-state index in [1.165, 1.54) is 6.42 Å². The van der Waals surface area contributed by atoms with E-state index in [2.05, 4.69) is 5.32 Å². The highest BCUT2D eigenvalue weighted by atomic mass is 19.1. The van der Waals surface area contributed by atoms with E-state index in [1.54, 1.807) is 6.07 Å². The van der Waals surface area contributed by atoms with Crippen LogP contribution in [0.25, 0.3) is 0 Å². The van der Waals surface area contributed by atoms with Crippen molar-refractivity contribution in [1.29, 1.82) is 0 Å². The highest BCUT2D eigenvalue weighted by Gasteiger charge is 2.21. The number of hydrogen-bond acceptors (Lipinski definition) is 3. The predicted molar refractivity (Wildman–Crippen MR) is 62.1 cm³/mol. The monoisotopic (exact) mass is 237 g/mol. The van der Waals surface area contributed by atoms with Gasteiger partial charge in [-0.05, 0) is 55.1 Å². The molecule has 4 heteroatoms. The fourth-order valence-corrected chi connectivity index (χ4v) is 2.54. The molecule has 2 heterocycles. The zero-order chi connectivity index (χ0) is 11.7. The van der Waals surface area contributed by atoms with Gasteiger partial charge in [-0.3, -0.25) is 0 Å². The molecule has 2 aliphatic heterocycles. The van der Waals surface area contributed by atoms with Gasteiger partial charge in [0.15, 0.2) is 11.5 Å². The van der Waals surface area contributed by atoms with Gasteiger partial charge in [0, 0.05) is 0 Å². The number of rotatable bonds is 3. The molecule has 1 aromatic carbocycles. The maximum atomic E-state index is 13.0. The second-order valence-corrected chi connectivity index (χ2v) is 4.67. The maximum Gasteiger partial charge on any atom is 0.231 e. The molecule has 0 bridgehead atoms. The lowest BCUT2D eigenvalue weighted by atomic mass is 9.95. The second-order valence-electron chi connectivity index (χ2n) is 4.67. The lowest BCUT2D eigenvalue weighted by Crippen LogP contribution is -2.11. The number of hydrogen-bond donors (Lipinski definition) is 1. The number of fused-ring (bicyclic) bond motifs is 1. The molecule has 1 N–H and O–H groups in total. The van der Waals surface area contributed by atoms with Crippen molar-refractivity contribution in [3.05, 3.63) is 23.3 Å². The van der Waals surface area contributed by atoms with Crippen LogP contribution in [0.5, 0.6) is 11.5 Å². The fourth-order valence-electron chi connectivity index (χ4n) is 2.54. The van der Waals surface area contributed by atoms with Crippen molar-refractivity contribution in [3.63, 3.8) is 0 Å². The summed E-state index contributed by atoms with van der Waals surface area (Å²) in [6.07, 6.45) is 2.09. The van der Waals surface area contributed by atoms with E-state index in [1.807, 2.05) is 6.07 Å². The zero-order valence-electron chi connectivity index (χ0n) is 9.67. The van der Waals surface area contributed by atoms with Crippen LogP contribution in [0, 0.1) is 5.92 Å². The van der Waals surface area contributed by atoms with Crippen molar-refractivity contribution in [3.8, 4) is 11.5 Å². The summed E-state index contributed by atoms with van der Waals surface area (Å²) in [5.41, 5.74) is 1.80. The highest BCUT2D eigenvalue weighted by Crippen LogP contribution is 2.36. The Labute approximate surface area is 99.9 Å². The van der Waals surface area contributed by atoms with Gasteiger partial charge in [0.2, 0.25) is 6.79 Å². The van der Waals surface area contributed by atoms with Crippen LogP contribution in [0.2, 0.25) is 0 Å². The molecule has 92 valence electrons. The van der Waals surface area contributed by atoms with E-state index < -0.39 is 6.67 Å². The molecule has 0 radical (unpaired) electrons. The largest absolute Gasteiger partial charge is 0.454 e. The van der Waals surface area contributed by atoms with Crippen molar-refractivity contribution in [2.45, 2.75) is 19.5 Å². The summed E-state index contributed by atoms with van der Waals surface area (Å²) in [4.78, 5) is 0. The van der Waals surface area contributed by atoms with Gasteiger partial charge in [0.1, 0.15) is 6.67 Å². The smallest absolute Gasteiger partial charge is 0.231 e. The topological polar surface area (TPSA) is 30.5 Å². The third-order valence-corrected chi connectivity index (χ3v) is 3.51. The van der Waals surface area contributed by atoms with Crippen molar-refractivity contribution in [1.82, 2.24) is 5.32 Å². The van der Waals surface area contributed by atoms with Crippen LogP contribution in [-0.4, -0.2) is 19.9 Å². The molecule has 0 amide bonds. The molecule has 1 unspecified atom stereocenters. The minimum absolute atomic E-state index is 0.246. The van der Waals surface area contributed by atoms with E-state index in [0.29, 0.717) is 11.7 Å². The van der Waals surface area contributed by atoms with Crippen LogP contribution in [0.15, 0.2) is 12.1 Å². The Hall–Kier alpha value is -1.29. The Morgan fingerprint density at radius 3 is 2.65 bits per heavy atom. The number of halogens is 1. The lowest BCUT2D eigenvalue weighted by Gasteiger charge is -2.12. The first-order chi connectivity index (χ1) is 8.36. The molecule has 0 aromatic heterocycles. The molecule has 3 nitrogen and oxygen atoms in total. The quantitative estimate of drug-likeness (QED) is 0.872. The van der Waals surface area contributed by atoms with Gasteiger partial charge < -0.3 is 14.8 Å². The summed E-state index contributed by atoms with van der Waals surface area (Å²) < 4.78 is 23.6. The summed E-state index contributed by atoms with van der Waals surface area (Å²) in [7, 11) is 0. The third-order valence-electron chi connectivity index (χ3n) is 3.51. The Morgan fingerprint density at radius 1 is 1.24 bits per heavy atom. The van der Waals surface area contributed by atoms with Crippen LogP contribution < -0.4 is 14.8 Å². The van der Waals surface area contributed by atoms with Gasteiger partial charge in [0.05, 0.1) is 0 Å². The van der Waals surface area contributed by atoms with E-state index in [-0.39, 0.29) is 6.79 Å². The zero-order valence-corrected chi connectivity index (χ0v) is 9.67. The van der Waals surface area contributed by atoms with Crippen LogP contribution >= 0.6 is 0 Å². The molecule has 1 atom stereocenters. The van der Waals surface area contributed by atoms with Gasteiger partial charge in [-0.2, -0.15) is 0 Å². The minimum atomic E-state index is -0.438. The number of alkyl halides is 1.